The van der Waals surface area contributed by atoms with E-state index in [2.05, 4.69) is 29.6 Å². The highest BCUT2D eigenvalue weighted by molar-refractivity contribution is 7.92. The number of anilines is 2. The number of benzene rings is 1. The van der Waals surface area contributed by atoms with Gasteiger partial charge in [-0.3, -0.25) is 4.72 Å². The molecule has 1 aromatic carbocycles. The zero-order valence-electron chi connectivity index (χ0n) is 18.1. The molecule has 0 radical (unpaired) electrons. The molecule has 0 fully saturated rings. The predicted octanol–water partition coefficient (Wildman–Crippen LogP) is 3.39. The number of pyridine rings is 1. The standard InChI is InChI=1S/C23H20FN7O2S/c1-15-18-14-27-23(22-25-9-5-10-26-22)28-19(18)8-11-31(15)21-13-16(12-20(24)29-21)30-34(32,33)17-6-3-2-4-7-17/h2-7,9-10,12-15H,8,11H2,1H3,(H,29,30). The van der Waals surface area contributed by atoms with E-state index in [1.54, 1.807) is 42.9 Å². The van der Waals surface area contributed by atoms with Crippen molar-refractivity contribution < 1.29 is 12.8 Å². The molecule has 5 rings (SSSR count). The van der Waals surface area contributed by atoms with Gasteiger partial charge in [0, 0.05) is 49.3 Å². The number of sulfonamides is 1. The van der Waals surface area contributed by atoms with E-state index < -0.39 is 16.0 Å². The molecule has 172 valence electrons. The molecule has 0 aliphatic carbocycles. The Bertz CT molecular complexity index is 1440. The zero-order chi connectivity index (χ0) is 23.7. The Kier molecular flexibility index (Phi) is 5.62. The summed E-state index contributed by atoms with van der Waals surface area (Å²) in [6.45, 7) is 2.46. The van der Waals surface area contributed by atoms with Crippen LogP contribution in [-0.2, 0) is 16.4 Å². The van der Waals surface area contributed by atoms with Crippen LogP contribution in [0, 0.1) is 5.95 Å². The first-order chi connectivity index (χ1) is 16.4. The Hall–Kier alpha value is -3.99. The Morgan fingerprint density at radius 1 is 1.00 bits per heavy atom. The van der Waals surface area contributed by atoms with E-state index >= 15 is 0 Å². The number of hydrogen-bond acceptors (Lipinski definition) is 8. The molecule has 0 amide bonds. The summed E-state index contributed by atoms with van der Waals surface area (Å²) in [5.74, 6) is 0.428. The van der Waals surface area contributed by atoms with Crippen LogP contribution >= 0.6 is 0 Å². The maximum Gasteiger partial charge on any atom is 0.261 e. The lowest BCUT2D eigenvalue weighted by molar-refractivity contribution is 0.563. The van der Waals surface area contributed by atoms with Gasteiger partial charge in [-0.2, -0.15) is 4.39 Å². The van der Waals surface area contributed by atoms with Crippen LogP contribution in [-0.4, -0.2) is 39.9 Å². The molecule has 0 spiro atoms. The minimum atomic E-state index is -3.87. The molecular weight excluding hydrogens is 457 g/mol. The summed E-state index contributed by atoms with van der Waals surface area (Å²) >= 11 is 0. The Balaban J connectivity index is 1.42. The van der Waals surface area contributed by atoms with E-state index in [1.807, 2.05) is 11.8 Å². The fourth-order valence-corrected chi connectivity index (χ4v) is 4.96. The zero-order valence-corrected chi connectivity index (χ0v) is 18.9. The number of nitrogens with zero attached hydrogens (tertiary/aromatic N) is 6. The fraction of sp³-hybridized carbons (Fsp3) is 0.174. The van der Waals surface area contributed by atoms with Crippen molar-refractivity contribution >= 4 is 21.5 Å². The van der Waals surface area contributed by atoms with Gasteiger partial charge in [0.2, 0.25) is 5.95 Å². The van der Waals surface area contributed by atoms with Crippen LogP contribution in [0.5, 0.6) is 0 Å². The van der Waals surface area contributed by atoms with Gasteiger partial charge in [0.15, 0.2) is 11.6 Å². The largest absolute Gasteiger partial charge is 0.349 e. The second-order valence-electron chi connectivity index (χ2n) is 7.74. The van der Waals surface area contributed by atoms with E-state index in [-0.39, 0.29) is 16.6 Å². The van der Waals surface area contributed by atoms with Crippen LogP contribution in [0.1, 0.15) is 24.2 Å². The fourth-order valence-electron chi connectivity index (χ4n) is 3.90. The van der Waals surface area contributed by atoms with E-state index in [0.717, 1.165) is 17.3 Å². The van der Waals surface area contributed by atoms with Crippen LogP contribution in [0.3, 0.4) is 0 Å². The van der Waals surface area contributed by atoms with Gasteiger partial charge in [-0.25, -0.2) is 33.3 Å². The molecule has 0 saturated heterocycles. The SMILES string of the molecule is CC1c2cnc(-c3ncccn3)nc2CCN1c1cc(NS(=O)(=O)c2ccccc2)cc(F)n1. The third-order valence-electron chi connectivity index (χ3n) is 5.55. The predicted molar refractivity (Wildman–Crippen MR) is 124 cm³/mol. The van der Waals surface area contributed by atoms with Gasteiger partial charge >= 0.3 is 0 Å². The highest BCUT2D eigenvalue weighted by Gasteiger charge is 2.28. The average molecular weight is 478 g/mol. The van der Waals surface area contributed by atoms with Gasteiger partial charge in [0.1, 0.15) is 5.82 Å². The molecule has 4 aromatic rings. The summed E-state index contributed by atoms with van der Waals surface area (Å²) in [5, 5.41) is 0. The van der Waals surface area contributed by atoms with E-state index in [1.165, 1.54) is 18.2 Å². The molecule has 34 heavy (non-hydrogen) atoms. The first-order valence-electron chi connectivity index (χ1n) is 10.6. The minimum Gasteiger partial charge on any atom is -0.349 e. The lowest BCUT2D eigenvalue weighted by atomic mass is 9.99. The van der Waals surface area contributed by atoms with Gasteiger partial charge in [-0.1, -0.05) is 18.2 Å². The molecule has 1 N–H and O–H groups in total. The minimum absolute atomic E-state index is 0.0874. The third kappa shape index (κ3) is 4.29. The van der Waals surface area contributed by atoms with Crippen LogP contribution in [0.25, 0.3) is 11.6 Å². The summed E-state index contributed by atoms with van der Waals surface area (Å²) in [6.07, 6.45) is 5.57. The van der Waals surface area contributed by atoms with Crippen LogP contribution in [0.4, 0.5) is 15.9 Å². The molecule has 9 nitrogen and oxygen atoms in total. The summed E-state index contributed by atoms with van der Waals surface area (Å²) < 4.78 is 42.2. The van der Waals surface area contributed by atoms with Crippen molar-refractivity contribution in [1.82, 2.24) is 24.9 Å². The van der Waals surface area contributed by atoms with Crippen molar-refractivity contribution in [1.29, 1.82) is 0 Å². The van der Waals surface area contributed by atoms with Gasteiger partial charge < -0.3 is 4.90 Å². The lowest BCUT2D eigenvalue weighted by Crippen LogP contribution is -2.35. The van der Waals surface area contributed by atoms with Gasteiger partial charge in [-0.15, -0.1) is 0 Å². The molecule has 3 aromatic heterocycles. The summed E-state index contributed by atoms with van der Waals surface area (Å²) in [4.78, 5) is 23.4. The second-order valence-corrected chi connectivity index (χ2v) is 9.43. The third-order valence-corrected chi connectivity index (χ3v) is 6.95. The second kappa shape index (κ2) is 8.75. The molecular formula is C23H20FN7O2S. The average Bonchev–Trinajstić information content (AvgIpc) is 2.84. The molecule has 1 unspecified atom stereocenters. The highest BCUT2D eigenvalue weighted by Crippen LogP contribution is 2.33. The number of rotatable bonds is 5. The maximum atomic E-state index is 14.4. The molecule has 4 heterocycles. The summed E-state index contributed by atoms with van der Waals surface area (Å²) in [5.41, 5.74) is 1.84. The molecule has 1 aliphatic rings. The van der Waals surface area contributed by atoms with Gasteiger partial charge in [0.05, 0.1) is 22.3 Å². The van der Waals surface area contributed by atoms with E-state index in [0.29, 0.717) is 30.4 Å². The lowest BCUT2D eigenvalue weighted by Gasteiger charge is -2.35. The monoisotopic (exact) mass is 477 g/mol. The number of fused-ring (bicyclic) bond motifs is 1. The van der Waals surface area contributed by atoms with Gasteiger partial charge in [0.25, 0.3) is 10.0 Å². The number of halogens is 1. The normalized spacial score (nSPS) is 15.6. The van der Waals surface area contributed by atoms with Crippen molar-refractivity contribution in [2.75, 3.05) is 16.2 Å². The van der Waals surface area contributed by atoms with E-state index in [9.17, 15) is 12.8 Å². The number of nitrogens with one attached hydrogen (secondary N) is 1. The van der Waals surface area contributed by atoms with E-state index in [4.69, 9.17) is 0 Å². The summed E-state index contributed by atoms with van der Waals surface area (Å²) in [6, 6.07) is 12.0. The Morgan fingerprint density at radius 3 is 2.53 bits per heavy atom. The number of hydrogen-bond donors (Lipinski definition) is 1. The maximum absolute atomic E-state index is 14.4. The van der Waals surface area contributed by atoms with Crippen molar-refractivity contribution in [3.63, 3.8) is 0 Å². The molecule has 1 aliphatic heterocycles. The highest BCUT2D eigenvalue weighted by atomic mass is 32.2. The molecule has 0 bridgehead atoms. The molecule has 0 saturated carbocycles. The van der Waals surface area contributed by atoms with Crippen molar-refractivity contribution in [2.45, 2.75) is 24.3 Å². The number of aromatic nitrogens is 5. The molecule has 1 atom stereocenters. The van der Waals surface area contributed by atoms with Crippen molar-refractivity contribution in [3.8, 4) is 11.6 Å². The van der Waals surface area contributed by atoms with Crippen LogP contribution in [0.15, 0.2) is 72.0 Å². The van der Waals surface area contributed by atoms with Crippen LogP contribution in [0.2, 0.25) is 0 Å². The summed E-state index contributed by atoms with van der Waals surface area (Å²) in [7, 11) is -3.87. The Morgan fingerprint density at radius 2 is 1.76 bits per heavy atom. The molecule has 11 heteroatoms. The van der Waals surface area contributed by atoms with Gasteiger partial charge in [-0.05, 0) is 25.1 Å². The van der Waals surface area contributed by atoms with Crippen molar-refractivity contribution in [2.24, 2.45) is 0 Å². The quantitative estimate of drug-likeness (QED) is 0.435. The van der Waals surface area contributed by atoms with Crippen molar-refractivity contribution in [3.05, 3.63) is 84.3 Å². The van der Waals surface area contributed by atoms with Crippen LogP contribution < -0.4 is 9.62 Å². The first-order valence-corrected chi connectivity index (χ1v) is 12.0. The Labute approximate surface area is 195 Å². The smallest absolute Gasteiger partial charge is 0.261 e. The topological polar surface area (TPSA) is 114 Å². The first kappa shape index (κ1) is 21.8.